The fourth-order valence-corrected chi connectivity index (χ4v) is 4.76. The number of hydrogen-bond acceptors (Lipinski definition) is 3. The molecule has 0 bridgehead atoms. The fraction of sp³-hybridized carbons (Fsp3) is 0.480. The number of nitrogens with one attached hydrogen (secondary N) is 1. The second kappa shape index (κ2) is 9.61. The summed E-state index contributed by atoms with van der Waals surface area (Å²) >= 11 is 0. The van der Waals surface area contributed by atoms with Gasteiger partial charge in [-0.2, -0.15) is 0 Å². The molecule has 5 heteroatoms. The summed E-state index contributed by atoms with van der Waals surface area (Å²) in [6, 6.07) is 14.3. The third-order valence-electron chi connectivity index (χ3n) is 6.50. The lowest BCUT2D eigenvalue weighted by Crippen LogP contribution is -2.45. The van der Waals surface area contributed by atoms with Gasteiger partial charge in [0.25, 0.3) is 0 Å². The van der Waals surface area contributed by atoms with E-state index in [2.05, 4.69) is 33.3 Å². The molecular weight excluding hydrogens is 377 g/mol. The molecule has 0 aromatic heterocycles. The van der Waals surface area contributed by atoms with Crippen molar-refractivity contribution in [2.75, 3.05) is 37.6 Å². The molecule has 4 rings (SSSR count). The molecule has 1 saturated heterocycles. The van der Waals surface area contributed by atoms with Gasteiger partial charge >= 0.3 is 0 Å². The third kappa shape index (κ3) is 5.20. The lowest BCUT2D eigenvalue weighted by Gasteiger charge is -2.38. The van der Waals surface area contributed by atoms with Crippen LogP contribution in [0.3, 0.4) is 0 Å². The van der Waals surface area contributed by atoms with E-state index in [1.165, 1.54) is 35.2 Å². The van der Waals surface area contributed by atoms with Crippen molar-refractivity contribution in [1.29, 1.82) is 0 Å². The van der Waals surface area contributed by atoms with E-state index in [1.54, 1.807) is 19.1 Å². The second-order valence-electron chi connectivity index (χ2n) is 8.59. The van der Waals surface area contributed by atoms with Crippen molar-refractivity contribution >= 4 is 11.6 Å². The maximum Gasteiger partial charge on any atom is 0.216 e. The van der Waals surface area contributed by atoms with Crippen molar-refractivity contribution < 1.29 is 9.18 Å². The SMILES string of the molecule is CC(=O)NCCc1ccc2c(c1)N(C1CCN(CCc3ccc(F)cc3)CC1)CC2. The smallest absolute Gasteiger partial charge is 0.216 e. The molecule has 0 aliphatic carbocycles. The molecule has 0 unspecified atom stereocenters. The lowest BCUT2D eigenvalue weighted by atomic mass is 10.0. The molecular formula is C25H32FN3O. The first-order valence-corrected chi connectivity index (χ1v) is 11.2. The Morgan fingerprint density at radius 3 is 2.50 bits per heavy atom. The standard InChI is InChI=1S/C25H32FN3O/c1-19(30)27-13-8-21-2-5-22-10-17-29(25(22)18-21)24-11-15-28(16-12-24)14-9-20-3-6-23(26)7-4-20/h2-7,18,24H,8-17H2,1H3,(H,27,30). The number of nitrogens with zero attached hydrogens (tertiary/aromatic N) is 2. The van der Waals surface area contributed by atoms with Gasteiger partial charge < -0.3 is 15.1 Å². The van der Waals surface area contributed by atoms with E-state index in [0.29, 0.717) is 12.6 Å². The Hall–Kier alpha value is -2.40. The Kier molecular flexibility index (Phi) is 6.68. The number of piperidine rings is 1. The minimum Gasteiger partial charge on any atom is -0.368 e. The predicted octanol–water partition coefficient (Wildman–Crippen LogP) is 3.57. The van der Waals surface area contributed by atoms with Crippen molar-refractivity contribution in [3.05, 3.63) is 65.0 Å². The summed E-state index contributed by atoms with van der Waals surface area (Å²) in [5.41, 5.74) is 5.36. The van der Waals surface area contributed by atoms with Crippen molar-refractivity contribution in [2.45, 2.75) is 45.1 Å². The first-order valence-electron chi connectivity index (χ1n) is 11.2. The maximum absolute atomic E-state index is 13.1. The molecule has 2 aliphatic heterocycles. The van der Waals surface area contributed by atoms with Gasteiger partial charge in [-0.3, -0.25) is 4.79 Å². The number of amides is 1. The summed E-state index contributed by atoms with van der Waals surface area (Å²) < 4.78 is 13.1. The van der Waals surface area contributed by atoms with Crippen molar-refractivity contribution in [3.63, 3.8) is 0 Å². The molecule has 1 fully saturated rings. The van der Waals surface area contributed by atoms with E-state index >= 15 is 0 Å². The summed E-state index contributed by atoms with van der Waals surface area (Å²) in [7, 11) is 0. The van der Waals surface area contributed by atoms with Gasteiger partial charge in [-0.15, -0.1) is 0 Å². The van der Waals surface area contributed by atoms with Crippen molar-refractivity contribution in [1.82, 2.24) is 10.2 Å². The highest BCUT2D eigenvalue weighted by molar-refractivity contribution is 5.72. The largest absolute Gasteiger partial charge is 0.368 e. The zero-order valence-electron chi connectivity index (χ0n) is 17.9. The average Bonchev–Trinajstić information content (AvgIpc) is 3.17. The quantitative estimate of drug-likeness (QED) is 0.759. The minimum absolute atomic E-state index is 0.0315. The van der Waals surface area contributed by atoms with Gasteiger partial charge in [0.15, 0.2) is 0 Å². The summed E-state index contributed by atoms with van der Waals surface area (Å²) in [6.07, 6.45) is 5.38. The molecule has 2 aromatic carbocycles. The van der Waals surface area contributed by atoms with E-state index in [-0.39, 0.29) is 11.7 Å². The number of benzene rings is 2. The molecule has 0 spiro atoms. The van der Waals surface area contributed by atoms with Crippen LogP contribution >= 0.6 is 0 Å². The molecule has 160 valence electrons. The number of rotatable bonds is 7. The molecule has 2 aromatic rings. The molecule has 0 saturated carbocycles. The zero-order valence-corrected chi connectivity index (χ0v) is 17.9. The summed E-state index contributed by atoms with van der Waals surface area (Å²) in [6.45, 7) is 6.67. The van der Waals surface area contributed by atoms with Gasteiger partial charge in [0.05, 0.1) is 0 Å². The molecule has 30 heavy (non-hydrogen) atoms. The Bertz CT molecular complexity index is 859. The van der Waals surface area contributed by atoms with Crippen LogP contribution < -0.4 is 10.2 Å². The van der Waals surface area contributed by atoms with Crippen molar-refractivity contribution in [2.24, 2.45) is 0 Å². The topological polar surface area (TPSA) is 35.6 Å². The number of carbonyl (C=O) groups excluding carboxylic acids is 1. The molecule has 0 radical (unpaired) electrons. The number of hydrogen-bond donors (Lipinski definition) is 1. The molecule has 0 atom stereocenters. The van der Waals surface area contributed by atoms with Crippen LogP contribution in [0.1, 0.15) is 36.5 Å². The van der Waals surface area contributed by atoms with Crippen molar-refractivity contribution in [3.8, 4) is 0 Å². The normalized spacial score (nSPS) is 17.2. The number of carbonyl (C=O) groups is 1. The average molecular weight is 410 g/mol. The Labute approximate surface area is 179 Å². The molecule has 4 nitrogen and oxygen atoms in total. The van der Waals surface area contributed by atoms with Crippen LogP contribution in [-0.2, 0) is 24.1 Å². The number of anilines is 1. The highest BCUT2D eigenvalue weighted by atomic mass is 19.1. The summed E-state index contributed by atoms with van der Waals surface area (Å²) in [4.78, 5) is 16.3. The van der Waals surface area contributed by atoms with Gasteiger partial charge in [-0.25, -0.2) is 4.39 Å². The van der Waals surface area contributed by atoms with E-state index in [1.807, 2.05) is 12.1 Å². The first kappa shape index (κ1) is 20.9. The molecule has 2 aliphatic rings. The molecule has 1 N–H and O–H groups in total. The number of likely N-dealkylation sites (tertiary alicyclic amines) is 1. The number of halogens is 1. The van der Waals surface area contributed by atoms with Crippen LogP contribution in [-0.4, -0.2) is 49.6 Å². The van der Waals surface area contributed by atoms with Gasteiger partial charge in [-0.1, -0.05) is 24.3 Å². The van der Waals surface area contributed by atoms with E-state index in [9.17, 15) is 9.18 Å². The third-order valence-corrected chi connectivity index (χ3v) is 6.50. The van der Waals surface area contributed by atoms with Crippen LogP contribution in [0, 0.1) is 5.82 Å². The lowest BCUT2D eigenvalue weighted by molar-refractivity contribution is -0.118. The van der Waals surface area contributed by atoms with Gasteiger partial charge in [0, 0.05) is 51.4 Å². The van der Waals surface area contributed by atoms with E-state index in [4.69, 9.17) is 0 Å². The van der Waals surface area contributed by atoms with Gasteiger partial charge in [-0.05, 0) is 67.0 Å². The van der Waals surface area contributed by atoms with Gasteiger partial charge in [0.2, 0.25) is 5.91 Å². The highest BCUT2D eigenvalue weighted by Gasteiger charge is 2.29. The highest BCUT2D eigenvalue weighted by Crippen LogP contribution is 2.33. The summed E-state index contributed by atoms with van der Waals surface area (Å²) in [5, 5.41) is 2.89. The predicted molar refractivity (Wildman–Crippen MR) is 119 cm³/mol. The van der Waals surface area contributed by atoms with E-state index < -0.39 is 0 Å². The van der Waals surface area contributed by atoms with Crippen LogP contribution in [0.25, 0.3) is 0 Å². The van der Waals surface area contributed by atoms with Crippen LogP contribution in [0.4, 0.5) is 10.1 Å². The fourth-order valence-electron chi connectivity index (χ4n) is 4.76. The molecule has 1 amide bonds. The first-order chi connectivity index (χ1) is 14.6. The minimum atomic E-state index is -0.163. The Morgan fingerprint density at radius 1 is 1.03 bits per heavy atom. The monoisotopic (exact) mass is 409 g/mol. The maximum atomic E-state index is 13.1. The Balaban J connectivity index is 1.29. The summed E-state index contributed by atoms with van der Waals surface area (Å²) in [5.74, 6) is -0.132. The molecule has 2 heterocycles. The number of fused-ring (bicyclic) bond motifs is 1. The van der Waals surface area contributed by atoms with Gasteiger partial charge in [0.1, 0.15) is 5.82 Å². The Morgan fingerprint density at radius 2 is 1.77 bits per heavy atom. The van der Waals surface area contributed by atoms with Crippen LogP contribution in [0.2, 0.25) is 0 Å². The van der Waals surface area contributed by atoms with Crippen LogP contribution in [0.15, 0.2) is 42.5 Å². The van der Waals surface area contributed by atoms with Crippen LogP contribution in [0.5, 0.6) is 0 Å². The second-order valence-corrected chi connectivity index (χ2v) is 8.59. The zero-order chi connectivity index (χ0) is 20.9. The van der Waals surface area contributed by atoms with E-state index in [0.717, 1.165) is 45.4 Å².